The van der Waals surface area contributed by atoms with E-state index in [1.807, 2.05) is 37.3 Å². The molecule has 0 amide bonds. The zero-order valence-electron chi connectivity index (χ0n) is 13.0. The molecular weight excluding hydrogens is 333 g/mol. The van der Waals surface area contributed by atoms with Crippen molar-refractivity contribution in [2.45, 2.75) is 13.5 Å². The maximum absolute atomic E-state index is 6.26. The average Bonchev–Trinajstić information content (AvgIpc) is 2.54. The number of nitrogens with one attached hydrogen (secondary N) is 1. The van der Waals surface area contributed by atoms with Crippen LogP contribution in [0.2, 0.25) is 10.0 Å². The largest absolute Gasteiger partial charge is 0.493 e. The molecule has 1 N–H and O–H groups in total. The standard InChI is InChI=1S/C18H17Cl2NO2/c1-4-8-23-18-15(20)9-13(10-17(18)22-3)11-21-16-7-5-6-14(19)12(16)2/h1,5-7,9-10,21H,8,11H2,2-3H3. The number of methoxy groups -OCH3 is 1. The van der Waals surface area contributed by atoms with E-state index in [2.05, 4.69) is 11.2 Å². The number of rotatable bonds is 6. The molecule has 0 heterocycles. The number of terminal acetylenes is 1. The second-order valence-corrected chi connectivity index (χ2v) is 5.68. The zero-order chi connectivity index (χ0) is 16.8. The van der Waals surface area contributed by atoms with Gasteiger partial charge in [0.25, 0.3) is 0 Å². The number of anilines is 1. The van der Waals surface area contributed by atoms with Crippen molar-refractivity contribution in [2.75, 3.05) is 19.0 Å². The zero-order valence-corrected chi connectivity index (χ0v) is 14.5. The van der Waals surface area contributed by atoms with Crippen molar-refractivity contribution in [3.05, 3.63) is 51.5 Å². The lowest BCUT2D eigenvalue weighted by Gasteiger charge is -2.14. The highest BCUT2D eigenvalue weighted by atomic mass is 35.5. The summed E-state index contributed by atoms with van der Waals surface area (Å²) < 4.78 is 10.8. The van der Waals surface area contributed by atoms with E-state index in [-0.39, 0.29) is 6.61 Å². The third-order valence-electron chi connectivity index (χ3n) is 3.34. The van der Waals surface area contributed by atoms with Gasteiger partial charge in [0.2, 0.25) is 0 Å². The molecule has 0 radical (unpaired) electrons. The summed E-state index contributed by atoms with van der Waals surface area (Å²) in [5.74, 6) is 3.41. The molecule has 2 aromatic rings. The second-order valence-electron chi connectivity index (χ2n) is 4.87. The van der Waals surface area contributed by atoms with Crippen molar-refractivity contribution in [3.63, 3.8) is 0 Å². The van der Waals surface area contributed by atoms with Crippen LogP contribution in [0.3, 0.4) is 0 Å². The molecule has 0 bridgehead atoms. The van der Waals surface area contributed by atoms with Crippen LogP contribution in [0, 0.1) is 19.3 Å². The Hall–Kier alpha value is -2.02. The third-order valence-corrected chi connectivity index (χ3v) is 4.03. The van der Waals surface area contributed by atoms with Gasteiger partial charge in [0.1, 0.15) is 6.61 Å². The van der Waals surface area contributed by atoms with E-state index >= 15 is 0 Å². The molecule has 0 aliphatic heterocycles. The maximum atomic E-state index is 6.26. The minimum absolute atomic E-state index is 0.134. The fourth-order valence-corrected chi connectivity index (χ4v) is 2.59. The molecule has 5 heteroatoms. The maximum Gasteiger partial charge on any atom is 0.181 e. The number of hydrogen-bond acceptors (Lipinski definition) is 3. The summed E-state index contributed by atoms with van der Waals surface area (Å²) in [6, 6.07) is 9.43. The molecule has 2 rings (SSSR count). The fourth-order valence-electron chi connectivity index (χ4n) is 2.13. The second kappa shape index (κ2) is 8.01. The highest BCUT2D eigenvalue weighted by molar-refractivity contribution is 6.32. The minimum Gasteiger partial charge on any atom is -0.493 e. The molecule has 0 aliphatic carbocycles. The van der Waals surface area contributed by atoms with Crippen LogP contribution in [0.4, 0.5) is 5.69 Å². The molecule has 0 aromatic heterocycles. The highest BCUT2D eigenvalue weighted by Crippen LogP contribution is 2.36. The molecule has 0 fully saturated rings. The van der Waals surface area contributed by atoms with Gasteiger partial charge in [-0.2, -0.15) is 0 Å². The van der Waals surface area contributed by atoms with Crippen LogP contribution in [0.25, 0.3) is 0 Å². The molecule has 3 nitrogen and oxygen atoms in total. The average molecular weight is 350 g/mol. The first-order chi connectivity index (χ1) is 11.1. The number of halogens is 2. The number of benzene rings is 2. The van der Waals surface area contributed by atoms with Crippen molar-refractivity contribution in [1.82, 2.24) is 0 Å². The normalized spacial score (nSPS) is 10.0. The predicted molar refractivity (Wildman–Crippen MR) is 95.8 cm³/mol. The Morgan fingerprint density at radius 1 is 1.22 bits per heavy atom. The van der Waals surface area contributed by atoms with E-state index in [1.54, 1.807) is 7.11 Å². The summed E-state index contributed by atoms with van der Waals surface area (Å²) in [7, 11) is 1.56. The van der Waals surface area contributed by atoms with E-state index in [1.165, 1.54) is 0 Å². The summed E-state index contributed by atoms with van der Waals surface area (Å²) in [6.45, 7) is 2.68. The van der Waals surface area contributed by atoms with E-state index in [0.717, 1.165) is 21.8 Å². The molecule has 0 spiro atoms. The smallest absolute Gasteiger partial charge is 0.181 e. The van der Waals surface area contributed by atoms with Gasteiger partial charge in [-0.05, 0) is 42.3 Å². The van der Waals surface area contributed by atoms with Crippen LogP contribution in [-0.2, 0) is 6.54 Å². The van der Waals surface area contributed by atoms with Crippen LogP contribution >= 0.6 is 23.2 Å². The minimum atomic E-state index is 0.134. The van der Waals surface area contributed by atoms with Gasteiger partial charge in [0.05, 0.1) is 12.1 Å². The summed E-state index contributed by atoms with van der Waals surface area (Å²) in [6.07, 6.45) is 5.21. The van der Waals surface area contributed by atoms with E-state index in [4.69, 9.17) is 39.1 Å². The molecular formula is C18H17Cl2NO2. The van der Waals surface area contributed by atoms with Gasteiger partial charge in [-0.3, -0.25) is 0 Å². The molecule has 0 atom stereocenters. The van der Waals surface area contributed by atoms with Crippen molar-refractivity contribution < 1.29 is 9.47 Å². The van der Waals surface area contributed by atoms with E-state index in [9.17, 15) is 0 Å². The lowest BCUT2D eigenvalue weighted by Crippen LogP contribution is -2.03. The first kappa shape index (κ1) is 17.3. The Morgan fingerprint density at radius 2 is 2.00 bits per heavy atom. The van der Waals surface area contributed by atoms with Gasteiger partial charge in [0, 0.05) is 17.3 Å². The summed E-state index contributed by atoms with van der Waals surface area (Å²) >= 11 is 12.4. The molecule has 0 saturated carbocycles. The molecule has 2 aromatic carbocycles. The first-order valence-electron chi connectivity index (χ1n) is 6.98. The lowest BCUT2D eigenvalue weighted by molar-refractivity contribution is 0.331. The summed E-state index contributed by atoms with van der Waals surface area (Å²) in [5, 5.41) is 4.52. The Labute approximate surface area is 146 Å². The van der Waals surface area contributed by atoms with Crippen LogP contribution < -0.4 is 14.8 Å². The van der Waals surface area contributed by atoms with Gasteiger partial charge >= 0.3 is 0 Å². The van der Waals surface area contributed by atoms with Crippen molar-refractivity contribution in [3.8, 4) is 23.8 Å². The third kappa shape index (κ3) is 4.25. The Bertz CT molecular complexity index is 739. The summed E-state index contributed by atoms with van der Waals surface area (Å²) in [4.78, 5) is 0. The van der Waals surface area contributed by atoms with Crippen LogP contribution in [0.15, 0.2) is 30.3 Å². The van der Waals surface area contributed by atoms with Gasteiger partial charge in [-0.25, -0.2) is 0 Å². The van der Waals surface area contributed by atoms with Gasteiger partial charge in [-0.15, -0.1) is 6.42 Å². The topological polar surface area (TPSA) is 30.5 Å². The van der Waals surface area contributed by atoms with E-state index < -0.39 is 0 Å². The Kier molecular flexibility index (Phi) is 6.04. The SMILES string of the molecule is C#CCOc1c(Cl)cc(CNc2cccc(Cl)c2C)cc1OC. The first-order valence-corrected chi connectivity index (χ1v) is 7.74. The fraction of sp³-hybridized carbons (Fsp3) is 0.222. The number of hydrogen-bond donors (Lipinski definition) is 1. The molecule has 0 unspecified atom stereocenters. The highest BCUT2D eigenvalue weighted by Gasteiger charge is 2.12. The molecule has 23 heavy (non-hydrogen) atoms. The summed E-state index contributed by atoms with van der Waals surface area (Å²) in [5.41, 5.74) is 2.93. The van der Waals surface area contributed by atoms with Crippen molar-refractivity contribution in [1.29, 1.82) is 0 Å². The van der Waals surface area contributed by atoms with Gasteiger partial charge < -0.3 is 14.8 Å². The molecule has 120 valence electrons. The Balaban J connectivity index is 2.19. The van der Waals surface area contributed by atoms with Crippen LogP contribution in [-0.4, -0.2) is 13.7 Å². The predicted octanol–water partition coefficient (Wildman–Crippen LogP) is 4.93. The molecule has 0 saturated heterocycles. The van der Waals surface area contributed by atoms with Crippen molar-refractivity contribution in [2.24, 2.45) is 0 Å². The van der Waals surface area contributed by atoms with Gasteiger partial charge in [-0.1, -0.05) is 35.2 Å². The van der Waals surface area contributed by atoms with Gasteiger partial charge in [0.15, 0.2) is 11.5 Å². The quantitative estimate of drug-likeness (QED) is 0.749. The van der Waals surface area contributed by atoms with E-state index in [0.29, 0.717) is 23.1 Å². The number of ether oxygens (including phenoxy) is 2. The van der Waals surface area contributed by atoms with Crippen LogP contribution in [0.1, 0.15) is 11.1 Å². The lowest BCUT2D eigenvalue weighted by atomic mass is 10.1. The monoisotopic (exact) mass is 349 g/mol. The Morgan fingerprint density at radius 3 is 2.70 bits per heavy atom. The molecule has 0 aliphatic rings. The van der Waals surface area contributed by atoms with Crippen LogP contribution in [0.5, 0.6) is 11.5 Å². The van der Waals surface area contributed by atoms with Crippen molar-refractivity contribution >= 4 is 28.9 Å².